The van der Waals surface area contributed by atoms with Crippen molar-refractivity contribution in [2.75, 3.05) is 33.7 Å². The Labute approximate surface area is 154 Å². The molecule has 1 saturated heterocycles. The predicted molar refractivity (Wildman–Crippen MR) is 100 cm³/mol. The highest BCUT2D eigenvalue weighted by Crippen LogP contribution is 2.29. The summed E-state index contributed by atoms with van der Waals surface area (Å²) in [4.78, 5) is 18.2. The van der Waals surface area contributed by atoms with Gasteiger partial charge in [-0.3, -0.25) is 9.78 Å². The van der Waals surface area contributed by atoms with Gasteiger partial charge in [-0.15, -0.1) is 0 Å². The van der Waals surface area contributed by atoms with Gasteiger partial charge in [0.2, 0.25) is 15.9 Å². The Hall–Kier alpha value is -2.03. The first-order valence-electron chi connectivity index (χ1n) is 8.56. The topological polar surface area (TPSA) is 82.6 Å². The van der Waals surface area contributed by atoms with E-state index in [1.165, 1.54) is 4.31 Å². The summed E-state index contributed by atoms with van der Waals surface area (Å²) < 4.78 is 27.8. The minimum absolute atomic E-state index is 0.0914. The molecule has 0 saturated carbocycles. The van der Waals surface area contributed by atoms with Crippen LogP contribution >= 0.6 is 0 Å². The summed E-state index contributed by atoms with van der Waals surface area (Å²) >= 11 is 0. The van der Waals surface area contributed by atoms with Gasteiger partial charge in [0.1, 0.15) is 0 Å². The first kappa shape index (κ1) is 18.8. The van der Waals surface area contributed by atoms with E-state index in [0.717, 1.165) is 10.9 Å². The number of sulfonamides is 1. The largest absolute Gasteiger partial charge is 0.351 e. The van der Waals surface area contributed by atoms with E-state index in [9.17, 15) is 13.2 Å². The average molecular weight is 376 g/mol. The van der Waals surface area contributed by atoms with Gasteiger partial charge in [0.25, 0.3) is 0 Å². The molecule has 8 heteroatoms. The fourth-order valence-electron chi connectivity index (χ4n) is 3.35. The summed E-state index contributed by atoms with van der Waals surface area (Å²) in [5, 5.41) is 4.43. The number of rotatable bonds is 5. The van der Waals surface area contributed by atoms with E-state index in [4.69, 9.17) is 0 Å². The third kappa shape index (κ3) is 3.72. The maximum absolute atomic E-state index is 13.2. The number of hydrogen-bond donors (Lipinski definition) is 1. The van der Waals surface area contributed by atoms with E-state index < -0.39 is 10.0 Å². The van der Waals surface area contributed by atoms with Crippen LogP contribution in [-0.4, -0.2) is 68.3 Å². The lowest BCUT2D eigenvalue weighted by molar-refractivity contribution is -0.122. The van der Waals surface area contributed by atoms with Crippen molar-refractivity contribution in [2.45, 2.75) is 24.3 Å². The second-order valence-electron chi connectivity index (χ2n) is 6.96. The first-order chi connectivity index (χ1) is 12.3. The summed E-state index contributed by atoms with van der Waals surface area (Å²) in [7, 11) is 0.00851. The summed E-state index contributed by atoms with van der Waals surface area (Å²) in [6.45, 7) is 2.85. The van der Waals surface area contributed by atoms with Gasteiger partial charge in [-0.05, 0) is 39.1 Å². The highest BCUT2D eigenvalue weighted by atomic mass is 32.2. The van der Waals surface area contributed by atoms with Gasteiger partial charge in [0.15, 0.2) is 0 Å². The van der Waals surface area contributed by atoms with Crippen LogP contribution in [-0.2, 0) is 14.8 Å². The van der Waals surface area contributed by atoms with Crippen molar-refractivity contribution < 1.29 is 13.2 Å². The second kappa shape index (κ2) is 7.30. The molecule has 0 aliphatic carbocycles. The van der Waals surface area contributed by atoms with Crippen LogP contribution in [0, 0.1) is 6.92 Å². The van der Waals surface area contributed by atoms with Crippen LogP contribution in [0.15, 0.2) is 35.5 Å². The second-order valence-corrected chi connectivity index (χ2v) is 8.87. The number of carbonyl (C=O) groups excluding carboxylic acids is 1. The van der Waals surface area contributed by atoms with E-state index in [1.807, 2.05) is 27.1 Å². The van der Waals surface area contributed by atoms with E-state index >= 15 is 0 Å². The number of nitrogens with one attached hydrogen (secondary N) is 1. The smallest absolute Gasteiger partial charge is 0.243 e. The average Bonchev–Trinajstić information content (AvgIpc) is 3.03. The highest BCUT2D eigenvalue weighted by molar-refractivity contribution is 7.89. The lowest BCUT2D eigenvalue weighted by Gasteiger charge is -2.19. The van der Waals surface area contributed by atoms with Crippen molar-refractivity contribution in [1.29, 1.82) is 0 Å². The molecule has 0 unspecified atom stereocenters. The molecule has 0 spiro atoms. The van der Waals surface area contributed by atoms with Gasteiger partial charge < -0.3 is 10.2 Å². The fourth-order valence-corrected chi connectivity index (χ4v) is 5.14. The molecule has 1 fully saturated rings. The van der Waals surface area contributed by atoms with Crippen LogP contribution < -0.4 is 5.32 Å². The number of fused-ring (bicyclic) bond motifs is 1. The summed E-state index contributed by atoms with van der Waals surface area (Å²) in [5.41, 5.74) is 0.830. The molecule has 2 heterocycles. The molecule has 1 aliphatic rings. The number of aromatic nitrogens is 1. The van der Waals surface area contributed by atoms with E-state index in [-0.39, 0.29) is 11.9 Å². The molecule has 1 aromatic heterocycles. The number of pyridine rings is 1. The van der Waals surface area contributed by atoms with E-state index in [1.54, 1.807) is 29.4 Å². The standard InChI is InChI=1S/C18H24N4O3S/c1-13-9-19-10-14-5-4-6-16(18(13)14)26(24,25)22-8-7-15(11-22)20-17(23)12-21(2)3/h4-6,9-10,15H,7-8,11-12H2,1-3H3,(H,20,23)/t15-/m1/s1. The van der Waals surface area contributed by atoms with Crippen molar-refractivity contribution in [1.82, 2.24) is 19.5 Å². The Morgan fingerprint density at radius 3 is 2.85 bits per heavy atom. The van der Waals surface area contributed by atoms with Crippen molar-refractivity contribution in [3.8, 4) is 0 Å². The van der Waals surface area contributed by atoms with E-state index in [2.05, 4.69) is 10.3 Å². The molecule has 140 valence electrons. The first-order valence-corrected chi connectivity index (χ1v) is 10.0. The third-order valence-electron chi connectivity index (χ3n) is 4.53. The zero-order valence-electron chi connectivity index (χ0n) is 15.3. The highest BCUT2D eigenvalue weighted by Gasteiger charge is 2.34. The van der Waals surface area contributed by atoms with Gasteiger partial charge >= 0.3 is 0 Å². The molecule has 26 heavy (non-hydrogen) atoms. The SMILES string of the molecule is Cc1cncc2cccc(S(=O)(=O)N3CC[C@@H](NC(=O)CN(C)C)C3)c12. The molecule has 0 radical (unpaired) electrons. The number of likely N-dealkylation sites (N-methyl/N-ethyl adjacent to an activating group) is 1. The molecule has 2 aromatic rings. The maximum Gasteiger partial charge on any atom is 0.243 e. The van der Waals surface area contributed by atoms with Crippen molar-refractivity contribution >= 4 is 26.7 Å². The Morgan fingerprint density at radius 1 is 1.35 bits per heavy atom. The van der Waals surface area contributed by atoms with Crippen LogP contribution in [0.5, 0.6) is 0 Å². The molecular weight excluding hydrogens is 352 g/mol. The van der Waals surface area contributed by atoms with Gasteiger partial charge in [-0.25, -0.2) is 8.42 Å². The molecule has 1 N–H and O–H groups in total. The molecule has 1 amide bonds. The zero-order valence-corrected chi connectivity index (χ0v) is 16.1. The summed E-state index contributed by atoms with van der Waals surface area (Å²) in [6, 6.07) is 5.09. The van der Waals surface area contributed by atoms with E-state index in [0.29, 0.717) is 36.3 Å². The number of aryl methyl sites for hydroxylation is 1. The van der Waals surface area contributed by atoms with Gasteiger partial charge in [-0.1, -0.05) is 12.1 Å². The van der Waals surface area contributed by atoms with Gasteiger partial charge in [-0.2, -0.15) is 4.31 Å². The van der Waals surface area contributed by atoms with Crippen LogP contribution in [0.1, 0.15) is 12.0 Å². The van der Waals surface area contributed by atoms with Crippen LogP contribution in [0.2, 0.25) is 0 Å². The van der Waals surface area contributed by atoms with Crippen molar-refractivity contribution in [3.05, 3.63) is 36.2 Å². The predicted octanol–water partition coefficient (Wildman–Crippen LogP) is 0.984. The lowest BCUT2D eigenvalue weighted by Crippen LogP contribution is -2.42. The Kier molecular flexibility index (Phi) is 5.27. The number of nitrogens with zero attached hydrogens (tertiary/aromatic N) is 3. The summed E-state index contributed by atoms with van der Waals surface area (Å²) in [6.07, 6.45) is 3.97. The molecule has 1 aliphatic heterocycles. The maximum atomic E-state index is 13.2. The zero-order chi connectivity index (χ0) is 18.9. The molecule has 1 aromatic carbocycles. The lowest BCUT2D eigenvalue weighted by atomic mass is 10.1. The van der Waals surface area contributed by atoms with Crippen LogP contribution in [0.25, 0.3) is 10.8 Å². The van der Waals surface area contributed by atoms with Crippen LogP contribution in [0.3, 0.4) is 0 Å². The Balaban J connectivity index is 1.83. The van der Waals surface area contributed by atoms with Crippen molar-refractivity contribution in [2.24, 2.45) is 0 Å². The number of benzene rings is 1. The number of hydrogen-bond acceptors (Lipinski definition) is 5. The van der Waals surface area contributed by atoms with Crippen LogP contribution in [0.4, 0.5) is 0 Å². The minimum atomic E-state index is -3.64. The minimum Gasteiger partial charge on any atom is -0.351 e. The fraction of sp³-hybridized carbons (Fsp3) is 0.444. The Morgan fingerprint density at radius 2 is 2.12 bits per heavy atom. The molecule has 3 rings (SSSR count). The third-order valence-corrected chi connectivity index (χ3v) is 6.44. The quantitative estimate of drug-likeness (QED) is 0.841. The number of carbonyl (C=O) groups is 1. The molecular formula is C18H24N4O3S. The Bertz CT molecular complexity index is 922. The monoisotopic (exact) mass is 376 g/mol. The molecule has 7 nitrogen and oxygen atoms in total. The molecule has 1 atom stereocenters. The van der Waals surface area contributed by atoms with Crippen molar-refractivity contribution in [3.63, 3.8) is 0 Å². The molecule has 0 bridgehead atoms. The normalized spacial score (nSPS) is 18.5. The number of amides is 1. The summed E-state index contributed by atoms with van der Waals surface area (Å²) in [5.74, 6) is -0.0914. The van der Waals surface area contributed by atoms with Gasteiger partial charge in [0.05, 0.1) is 11.4 Å². The van der Waals surface area contributed by atoms with Gasteiger partial charge in [0, 0.05) is 42.3 Å².